The Morgan fingerprint density at radius 2 is 1.92 bits per heavy atom. The number of ether oxygens (including phenoxy) is 1. The molecule has 1 atom stereocenters. The van der Waals surface area contributed by atoms with Crippen LogP contribution in [0.1, 0.15) is 52.5 Å². The van der Waals surface area contributed by atoms with E-state index in [0.717, 1.165) is 55.1 Å². The summed E-state index contributed by atoms with van der Waals surface area (Å²) in [6, 6.07) is 8.25. The molecule has 2 aromatic rings. The lowest BCUT2D eigenvalue weighted by Gasteiger charge is -2.25. The Morgan fingerprint density at radius 3 is 2.52 bits per heavy atom. The van der Waals surface area contributed by atoms with Gasteiger partial charge in [-0.1, -0.05) is 18.6 Å². The van der Waals surface area contributed by atoms with Gasteiger partial charge >= 0.3 is 0 Å². The van der Waals surface area contributed by atoms with Crippen molar-refractivity contribution in [2.24, 2.45) is 7.05 Å². The maximum atomic E-state index is 13.1. The fourth-order valence-electron chi connectivity index (χ4n) is 3.72. The number of carbonyl (C=O) groups is 1. The predicted molar refractivity (Wildman–Crippen MR) is 98.2 cm³/mol. The molecule has 5 nitrogen and oxygen atoms in total. The fourth-order valence-corrected chi connectivity index (χ4v) is 3.72. The van der Waals surface area contributed by atoms with Crippen molar-refractivity contribution in [3.05, 3.63) is 46.8 Å². The highest BCUT2D eigenvalue weighted by Crippen LogP contribution is 2.29. The van der Waals surface area contributed by atoms with Gasteiger partial charge in [-0.2, -0.15) is 5.10 Å². The number of carbonyl (C=O) groups excluding carboxylic acids is 1. The molecule has 3 rings (SSSR count). The molecular weight excluding hydrogens is 314 g/mol. The lowest BCUT2D eigenvalue weighted by Crippen LogP contribution is -2.34. The molecule has 1 amide bonds. The van der Waals surface area contributed by atoms with Crippen LogP contribution in [0.25, 0.3) is 0 Å². The Balaban J connectivity index is 1.82. The smallest absolute Gasteiger partial charge is 0.257 e. The third-order valence-electron chi connectivity index (χ3n) is 5.27. The van der Waals surface area contributed by atoms with Gasteiger partial charge in [-0.15, -0.1) is 0 Å². The molecule has 2 heterocycles. The van der Waals surface area contributed by atoms with Crippen LogP contribution in [0.3, 0.4) is 0 Å². The van der Waals surface area contributed by atoms with Crippen molar-refractivity contribution in [3.8, 4) is 5.75 Å². The number of methoxy groups -OCH3 is 1. The minimum atomic E-state index is 0.114. The van der Waals surface area contributed by atoms with Crippen LogP contribution < -0.4 is 4.74 Å². The molecule has 0 bridgehead atoms. The highest BCUT2D eigenvalue weighted by atomic mass is 16.5. The maximum Gasteiger partial charge on any atom is 0.257 e. The van der Waals surface area contributed by atoms with E-state index < -0.39 is 0 Å². The van der Waals surface area contributed by atoms with E-state index in [1.807, 2.05) is 37.9 Å². The summed E-state index contributed by atoms with van der Waals surface area (Å²) in [6.45, 7) is 5.46. The highest BCUT2D eigenvalue weighted by Gasteiger charge is 2.27. The van der Waals surface area contributed by atoms with Crippen molar-refractivity contribution in [3.63, 3.8) is 0 Å². The fraction of sp³-hybridized carbons (Fsp3) is 0.500. The van der Waals surface area contributed by atoms with Crippen molar-refractivity contribution in [1.82, 2.24) is 14.7 Å². The van der Waals surface area contributed by atoms with Gasteiger partial charge in [0.05, 0.1) is 18.4 Å². The monoisotopic (exact) mass is 341 g/mol. The number of hydrogen-bond donors (Lipinski definition) is 0. The normalized spacial score (nSPS) is 18.1. The lowest BCUT2D eigenvalue weighted by atomic mass is 9.94. The van der Waals surface area contributed by atoms with E-state index in [9.17, 15) is 4.79 Å². The molecular formula is C20H27N3O2. The first-order valence-corrected chi connectivity index (χ1v) is 8.94. The van der Waals surface area contributed by atoms with Crippen LogP contribution in [0.4, 0.5) is 0 Å². The van der Waals surface area contributed by atoms with E-state index in [-0.39, 0.29) is 5.91 Å². The van der Waals surface area contributed by atoms with E-state index in [0.29, 0.717) is 5.92 Å². The summed E-state index contributed by atoms with van der Waals surface area (Å²) in [6.07, 6.45) is 3.31. The molecule has 134 valence electrons. The third-order valence-corrected chi connectivity index (χ3v) is 5.27. The molecule has 1 aliphatic heterocycles. The van der Waals surface area contributed by atoms with Gasteiger partial charge in [-0.3, -0.25) is 9.48 Å². The van der Waals surface area contributed by atoms with E-state index in [1.165, 1.54) is 5.56 Å². The summed E-state index contributed by atoms with van der Waals surface area (Å²) in [7, 11) is 3.57. The molecule has 0 aliphatic carbocycles. The molecule has 1 aromatic carbocycles. The first kappa shape index (κ1) is 17.5. The van der Waals surface area contributed by atoms with Gasteiger partial charge in [0.1, 0.15) is 5.75 Å². The number of likely N-dealkylation sites (tertiary alicyclic amines) is 1. The van der Waals surface area contributed by atoms with Crippen LogP contribution in [0, 0.1) is 13.8 Å². The zero-order valence-corrected chi connectivity index (χ0v) is 15.6. The Hall–Kier alpha value is -2.30. The second-order valence-electron chi connectivity index (χ2n) is 6.89. The van der Waals surface area contributed by atoms with Gasteiger partial charge in [0.25, 0.3) is 5.91 Å². The van der Waals surface area contributed by atoms with Crippen molar-refractivity contribution in [1.29, 1.82) is 0 Å². The molecule has 0 N–H and O–H groups in total. The van der Waals surface area contributed by atoms with Crippen molar-refractivity contribution in [2.75, 3.05) is 20.2 Å². The van der Waals surface area contributed by atoms with E-state index in [2.05, 4.69) is 17.2 Å². The minimum absolute atomic E-state index is 0.114. The first-order chi connectivity index (χ1) is 12.0. The second kappa shape index (κ2) is 7.30. The Bertz CT molecular complexity index is 749. The van der Waals surface area contributed by atoms with E-state index >= 15 is 0 Å². The van der Waals surface area contributed by atoms with Crippen molar-refractivity contribution < 1.29 is 9.53 Å². The largest absolute Gasteiger partial charge is 0.497 e. The Morgan fingerprint density at radius 1 is 1.20 bits per heavy atom. The van der Waals surface area contributed by atoms with Crippen LogP contribution in [-0.4, -0.2) is 40.8 Å². The zero-order chi connectivity index (χ0) is 18.0. The van der Waals surface area contributed by atoms with Crippen LogP contribution in [0.15, 0.2) is 24.3 Å². The molecule has 0 unspecified atom stereocenters. The van der Waals surface area contributed by atoms with Crippen LogP contribution in [-0.2, 0) is 7.05 Å². The number of rotatable bonds is 3. The van der Waals surface area contributed by atoms with Crippen LogP contribution in [0.5, 0.6) is 5.75 Å². The van der Waals surface area contributed by atoms with Gasteiger partial charge in [0.15, 0.2) is 0 Å². The quantitative estimate of drug-likeness (QED) is 0.859. The third kappa shape index (κ3) is 3.55. The number of amides is 1. The molecule has 0 spiro atoms. The van der Waals surface area contributed by atoms with Crippen LogP contribution in [0.2, 0.25) is 0 Å². The Kier molecular flexibility index (Phi) is 5.11. The topological polar surface area (TPSA) is 47.4 Å². The van der Waals surface area contributed by atoms with Crippen molar-refractivity contribution >= 4 is 5.91 Å². The summed E-state index contributed by atoms with van der Waals surface area (Å²) < 4.78 is 7.05. The molecule has 0 saturated carbocycles. The van der Waals surface area contributed by atoms with E-state index in [1.54, 1.807) is 11.8 Å². The maximum absolute atomic E-state index is 13.1. The molecule has 1 fully saturated rings. The van der Waals surface area contributed by atoms with E-state index in [4.69, 9.17) is 4.74 Å². The first-order valence-electron chi connectivity index (χ1n) is 8.94. The average Bonchev–Trinajstić information content (AvgIpc) is 2.80. The summed E-state index contributed by atoms with van der Waals surface area (Å²) in [5.41, 5.74) is 3.79. The SMILES string of the molecule is COc1ccc([C@H]2CCCCN(C(=O)c3c(C)nn(C)c3C)C2)cc1. The zero-order valence-electron chi connectivity index (χ0n) is 15.6. The summed E-state index contributed by atoms with van der Waals surface area (Å²) in [4.78, 5) is 15.2. The van der Waals surface area contributed by atoms with Gasteiger partial charge in [0.2, 0.25) is 0 Å². The number of aromatic nitrogens is 2. The predicted octanol–water partition coefficient (Wildman–Crippen LogP) is 3.46. The van der Waals surface area contributed by atoms with Gasteiger partial charge in [-0.25, -0.2) is 0 Å². The molecule has 1 aromatic heterocycles. The number of aryl methyl sites for hydroxylation is 2. The number of nitrogens with zero attached hydrogens (tertiary/aromatic N) is 3. The average molecular weight is 341 g/mol. The standard InChI is InChI=1S/C20H27N3O2/c1-14-19(15(2)22(3)21-14)20(24)23-12-6-5-7-17(13-23)16-8-10-18(25-4)11-9-16/h8-11,17H,5-7,12-13H2,1-4H3/t17-/m0/s1. The molecule has 1 saturated heterocycles. The van der Waals surface area contributed by atoms with Crippen molar-refractivity contribution in [2.45, 2.75) is 39.0 Å². The summed E-state index contributed by atoms with van der Waals surface area (Å²) >= 11 is 0. The lowest BCUT2D eigenvalue weighted by molar-refractivity contribution is 0.0753. The minimum Gasteiger partial charge on any atom is -0.497 e. The van der Waals surface area contributed by atoms with Gasteiger partial charge in [0, 0.05) is 31.7 Å². The van der Waals surface area contributed by atoms with Gasteiger partial charge in [-0.05, 0) is 44.4 Å². The number of benzene rings is 1. The molecule has 0 radical (unpaired) electrons. The molecule has 1 aliphatic rings. The molecule has 5 heteroatoms. The number of hydrogen-bond acceptors (Lipinski definition) is 3. The summed E-state index contributed by atoms with van der Waals surface area (Å²) in [5.74, 6) is 1.35. The summed E-state index contributed by atoms with van der Waals surface area (Å²) in [5, 5.41) is 4.40. The van der Waals surface area contributed by atoms with Crippen LogP contribution >= 0.6 is 0 Å². The van der Waals surface area contributed by atoms with Gasteiger partial charge < -0.3 is 9.64 Å². The Labute approximate surface area is 149 Å². The molecule has 25 heavy (non-hydrogen) atoms. The highest BCUT2D eigenvalue weighted by molar-refractivity contribution is 5.96. The second-order valence-corrected chi connectivity index (χ2v) is 6.89.